The van der Waals surface area contributed by atoms with Crippen LogP contribution in [0.25, 0.3) is 0 Å². The van der Waals surface area contributed by atoms with Crippen LogP contribution in [0.3, 0.4) is 0 Å². The van der Waals surface area contributed by atoms with Gasteiger partial charge in [-0.15, -0.1) is 0 Å². The van der Waals surface area contributed by atoms with Crippen molar-refractivity contribution in [3.63, 3.8) is 0 Å². The van der Waals surface area contributed by atoms with Gasteiger partial charge >= 0.3 is 0 Å². The molecule has 38 heavy (non-hydrogen) atoms. The third-order valence-corrected chi connectivity index (χ3v) is 6.80. The lowest BCUT2D eigenvalue weighted by Gasteiger charge is -2.20. The van der Waals surface area contributed by atoms with E-state index in [-0.39, 0.29) is 36.9 Å². The van der Waals surface area contributed by atoms with E-state index in [4.69, 9.17) is 9.47 Å². The maximum Gasteiger partial charge on any atom is 0.222 e. The van der Waals surface area contributed by atoms with Gasteiger partial charge in [0, 0.05) is 38.7 Å². The first-order chi connectivity index (χ1) is 18.4. The number of hydrogen-bond donors (Lipinski definition) is 2. The third kappa shape index (κ3) is 6.47. The summed E-state index contributed by atoms with van der Waals surface area (Å²) in [5.74, 6) is 2.05. The highest BCUT2D eigenvalue weighted by Crippen LogP contribution is 2.26. The number of hydrogen-bond acceptors (Lipinski definition) is 7. The average Bonchev–Trinajstić information content (AvgIpc) is 3.30. The van der Waals surface area contributed by atoms with Crippen molar-refractivity contribution in [3.05, 3.63) is 77.2 Å². The second-order valence-corrected chi connectivity index (χ2v) is 9.84. The van der Waals surface area contributed by atoms with Crippen LogP contribution in [0.1, 0.15) is 35.4 Å². The lowest BCUT2D eigenvalue weighted by molar-refractivity contribution is -0.123. The van der Waals surface area contributed by atoms with Crippen molar-refractivity contribution >= 4 is 17.6 Å². The van der Waals surface area contributed by atoms with Crippen molar-refractivity contribution in [2.45, 2.75) is 51.9 Å². The van der Waals surface area contributed by atoms with Gasteiger partial charge in [-0.05, 0) is 55.7 Å². The Balaban J connectivity index is 1.36. The first kappa shape index (κ1) is 25.7. The summed E-state index contributed by atoms with van der Waals surface area (Å²) in [7, 11) is 0. The van der Waals surface area contributed by atoms with Gasteiger partial charge in [0.1, 0.15) is 11.5 Å². The van der Waals surface area contributed by atoms with E-state index < -0.39 is 0 Å². The second-order valence-electron chi connectivity index (χ2n) is 9.84. The molecule has 2 amide bonds. The molecule has 2 aromatic carbocycles. The average molecular weight is 516 g/mol. The van der Waals surface area contributed by atoms with Gasteiger partial charge in [0.05, 0.1) is 30.1 Å². The van der Waals surface area contributed by atoms with Crippen LogP contribution >= 0.6 is 0 Å². The van der Waals surface area contributed by atoms with Crippen molar-refractivity contribution in [3.8, 4) is 11.5 Å². The molecule has 3 aliphatic rings. The van der Waals surface area contributed by atoms with E-state index in [0.29, 0.717) is 32.5 Å². The van der Waals surface area contributed by atoms with E-state index >= 15 is 0 Å². The second kappa shape index (κ2) is 11.6. The fourth-order valence-electron chi connectivity index (χ4n) is 4.78. The standard InChI is InChI=1S/C29H33N5O4/c1-19-15-31-20(2)29(32-19)34-16-25-26(17-34)37-18-22-4-3-5-24(14-22)38-23-9-6-21(7-10-23)8-11-27(35)30-13-12-28(36)33-25/h3-7,9-10,14-15,25-26H,8,11-13,16-18H2,1-2H3,(H,30,35)(H,33,36)/t25-,26-/m0/s1. The van der Waals surface area contributed by atoms with E-state index in [0.717, 1.165) is 39.8 Å². The van der Waals surface area contributed by atoms with Gasteiger partial charge in [-0.25, -0.2) is 4.98 Å². The predicted octanol–water partition coefficient (Wildman–Crippen LogP) is 3.23. The number of nitrogens with one attached hydrogen (secondary N) is 2. The Morgan fingerprint density at radius 2 is 1.76 bits per heavy atom. The first-order valence-corrected chi connectivity index (χ1v) is 13.0. The molecule has 2 N–H and O–H groups in total. The smallest absolute Gasteiger partial charge is 0.222 e. The first-order valence-electron chi connectivity index (χ1n) is 13.0. The van der Waals surface area contributed by atoms with Gasteiger partial charge in [-0.1, -0.05) is 24.3 Å². The highest BCUT2D eigenvalue weighted by Gasteiger charge is 2.36. The Labute approximate surface area is 222 Å². The molecule has 0 unspecified atom stereocenters. The predicted molar refractivity (Wildman–Crippen MR) is 143 cm³/mol. The molecule has 0 aliphatic carbocycles. The molecule has 0 radical (unpaired) electrons. The van der Waals surface area contributed by atoms with Crippen LogP contribution in [0.2, 0.25) is 0 Å². The molecule has 9 nitrogen and oxygen atoms in total. The number of nitrogens with zero attached hydrogens (tertiary/aromatic N) is 3. The molecule has 6 rings (SSSR count). The van der Waals surface area contributed by atoms with Crippen LogP contribution in [0.5, 0.6) is 11.5 Å². The van der Waals surface area contributed by atoms with Gasteiger partial charge in [0.15, 0.2) is 5.82 Å². The van der Waals surface area contributed by atoms with Crippen molar-refractivity contribution in [1.29, 1.82) is 0 Å². The number of carbonyl (C=O) groups is 2. The molecule has 1 saturated heterocycles. The van der Waals surface area contributed by atoms with E-state index in [1.54, 1.807) is 6.20 Å². The SMILES string of the molecule is Cc1cnc(C)c(N2C[C@@H]3NC(=O)CCNC(=O)CCc4ccc(cc4)Oc4cccc(c4)CO[C@H]3C2)n1. The number of amides is 2. The summed E-state index contributed by atoms with van der Waals surface area (Å²) >= 11 is 0. The molecule has 3 aliphatic heterocycles. The highest BCUT2D eigenvalue weighted by atomic mass is 16.5. The molecule has 3 aromatic rings. The molecular weight excluding hydrogens is 482 g/mol. The molecule has 0 spiro atoms. The zero-order chi connectivity index (χ0) is 26.5. The van der Waals surface area contributed by atoms with E-state index in [1.807, 2.05) is 62.4 Å². The third-order valence-electron chi connectivity index (χ3n) is 6.80. The number of aryl methyl sites for hydroxylation is 3. The zero-order valence-electron chi connectivity index (χ0n) is 21.8. The molecule has 1 aromatic heterocycles. The number of anilines is 1. The summed E-state index contributed by atoms with van der Waals surface area (Å²) in [5.41, 5.74) is 3.69. The minimum Gasteiger partial charge on any atom is -0.457 e. The molecule has 9 heteroatoms. The quantitative estimate of drug-likeness (QED) is 0.513. The molecule has 1 fully saturated rings. The monoisotopic (exact) mass is 515 g/mol. The Morgan fingerprint density at radius 1 is 0.921 bits per heavy atom. The van der Waals surface area contributed by atoms with Crippen molar-refractivity contribution in [2.24, 2.45) is 0 Å². The Kier molecular flexibility index (Phi) is 7.83. The summed E-state index contributed by atoms with van der Waals surface area (Å²) in [6.07, 6.45) is 2.67. The zero-order valence-corrected chi connectivity index (χ0v) is 21.8. The van der Waals surface area contributed by atoms with Crippen LogP contribution < -0.4 is 20.3 Å². The van der Waals surface area contributed by atoms with Crippen molar-refractivity contribution < 1.29 is 19.1 Å². The molecule has 4 bridgehead atoms. The number of aromatic nitrogens is 2. The molecule has 2 atom stereocenters. The Hall–Kier alpha value is -3.98. The lowest BCUT2D eigenvalue weighted by Crippen LogP contribution is -2.44. The Morgan fingerprint density at radius 3 is 2.61 bits per heavy atom. The summed E-state index contributed by atoms with van der Waals surface area (Å²) in [5, 5.41) is 5.98. The van der Waals surface area contributed by atoms with Crippen LogP contribution in [-0.4, -0.2) is 53.6 Å². The molecule has 198 valence electrons. The maximum atomic E-state index is 12.8. The fraction of sp³-hybridized carbons (Fsp3) is 0.379. The topological polar surface area (TPSA) is 106 Å². The maximum absolute atomic E-state index is 12.8. The van der Waals surface area contributed by atoms with Gasteiger partial charge in [-0.3, -0.25) is 14.6 Å². The summed E-state index contributed by atoms with van der Waals surface area (Å²) in [4.78, 5) is 36.4. The molecular formula is C29H33N5O4. The van der Waals surface area contributed by atoms with Gasteiger partial charge in [0.25, 0.3) is 0 Å². The van der Waals surface area contributed by atoms with E-state index in [2.05, 4.69) is 25.5 Å². The summed E-state index contributed by atoms with van der Waals surface area (Å²) in [6.45, 7) is 5.63. The van der Waals surface area contributed by atoms with Crippen molar-refractivity contribution in [2.75, 3.05) is 24.5 Å². The normalized spacial score (nSPS) is 20.7. The lowest BCUT2D eigenvalue weighted by atomic mass is 10.1. The van der Waals surface area contributed by atoms with E-state index in [9.17, 15) is 9.59 Å². The number of fused-ring (bicyclic) bond motifs is 10. The fourth-order valence-corrected chi connectivity index (χ4v) is 4.78. The van der Waals surface area contributed by atoms with Gasteiger partial charge < -0.3 is 25.0 Å². The highest BCUT2D eigenvalue weighted by molar-refractivity contribution is 5.79. The van der Waals surface area contributed by atoms with Crippen LogP contribution in [0, 0.1) is 13.8 Å². The van der Waals surface area contributed by atoms with Gasteiger partial charge in [-0.2, -0.15) is 0 Å². The number of ether oxygens (including phenoxy) is 2. The molecule has 4 heterocycles. The van der Waals surface area contributed by atoms with Gasteiger partial charge in [0.2, 0.25) is 11.8 Å². The van der Waals surface area contributed by atoms with E-state index in [1.165, 1.54) is 0 Å². The summed E-state index contributed by atoms with van der Waals surface area (Å²) < 4.78 is 12.4. The van der Waals surface area contributed by atoms with Crippen LogP contribution in [-0.2, 0) is 27.4 Å². The minimum absolute atomic E-state index is 0.0777. The Bertz CT molecular complexity index is 1300. The summed E-state index contributed by atoms with van der Waals surface area (Å²) in [6, 6.07) is 15.3. The minimum atomic E-state index is -0.252. The van der Waals surface area contributed by atoms with Crippen molar-refractivity contribution in [1.82, 2.24) is 20.6 Å². The molecule has 0 saturated carbocycles. The number of carbonyl (C=O) groups excluding carboxylic acids is 2. The largest absolute Gasteiger partial charge is 0.457 e. The number of benzene rings is 2. The van der Waals surface area contributed by atoms with Crippen LogP contribution in [0.15, 0.2) is 54.7 Å². The number of rotatable bonds is 1. The van der Waals surface area contributed by atoms with Crippen LogP contribution in [0.4, 0.5) is 5.82 Å².